The van der Waals surface area contributed by atoms with Gasteiger partial charge in [-0.3, -0.25) is 4.72 Å². The molecular weight excluding hydrogens is 267 g/mol. The molecule has 2 aromatic rings. The minimum absolute atomic E-state index is 0.0842. The third-order valence-corrected chi connectivity index (χ3v) is 3.98. The van der Waals surface area contributed by atoms with Crippen LogP contribution in [0.4, 0.5) is 10.2 Å². The predicted molar refractivity (Wildman–Crippen MR) is 70.8 cm³/mol. The summed E-state index contributed by atoms with van der Waals surface area (Å²) >= 11 is 0. The third-order valence-electron chi connectivity index (χ3n) is 2.61. The number of nitrogens with one attached hydrogen (secondary N) is 1. The fourth-order valence-electron chi connectivity index (χ4n) is 1.54. The zero-order chi connectivity index (χ0) is 13.9. The number of hydrogen-bond acceptors (Lipinski definition) is 3. The smallest absolute Gasteiger partial charge is 0.263 e. The van der Waals surface area contributed by atoms with Crippen LogP contribution in [0, 0.1) is 5.82 Å². The van der Waals surface area contributed by atoms with Crippen LogP contribution in [0.5, 0.6) is 0 Å². The Morgan fingerprint density at radius 2 is 1.84 bits per heavy atom. The second-order valence-electron chi connectivity index (χ2n) is 3.96. The number of benzene rings is 1. The zero-order valence-electron chi connectivity index (χ0n) is 10.3. The first-order valence-corrected chi connectivity index (χ1v) is 7.23. The highest BCUT2D eigenvalue weighted by molar-refractivity contribution is 7.92. The van der Waals surface area contributed by atoms with Gasteiger partial charge in [0, 0.05) is 0 Å². The van der Waals surface area contributed by atoms with E-state index in [1.54, 1.807) is 12.1 Å². The first kappa shape index (κ1) is 13.5. The summed E-state index contributed by atoms with van der Waals surface area (Å²) in [4.78, 5) is 3.81. The van der Waals surface area contributed by atoms with Gasteiger partial charge in [0.05, 0.1) is 11.1 Å². The number of hydrogen-bond donors (Lipinski definition) is 1. The topological polar surface area (TPSA) is 59.1 Å². The van der Waals surface area contributed by atoms with E-state index in [1.807, 2.05) is 6.92 Å². The highest BCUT2D eigenvalue weighted by atomic mass is 32.2. The lowest BCUT2D eigenvalue weighted by Crippen LogP contribution is -2.13. The third kappa shape index (κ3) is 3.29. The van der Waals surface area contributed by atoms with Gasteiger partial charge in [-0.2, -0.15) is 0 Å². The number of aryl methyl sites for hydroxylation is 1. The van der Waals surface area contributed by atoms with E-state index in [2.05, 4.69) is 9.71 Å². The van der Waals surface area contributed by atoms with Crippen molar-refractivity contribution in [2.45, 2.75) is 18.2 Å². The molecule has 0 unspecified atom stereocenters. The summed E-state index contributed by atoms with van der Waals surface area (Å²) in [5, 5.41) is 0. The molecule has 0 saturated heterocycles. The molecule has 1 aromatic heterocycles. The van der Waals surface area contributed by atoms with Crippen molar-refractivity contribution in [3.05, 3.63) is 54.0 Å². The molecule has 0 saturated carbocycles. The normalized spacial score (nSPS) is 11.3. The maximum Gasteiger partial charge on any atom is 0.263 e. The monoisotopic (exact) mass is 280 g/mol. The van der Waals surface area contributed by atoms with E-state index in [-0.39, 0.29) is 10.7 Å². The summed E-state index contributed by atoms with van der Waals surface area (Å²) in [5.41, 5.74) is 1.05. The molecule has 19 heavy (non-hydrogen) atoms. The van der Waals surface area contributed by atoms with Gasteiger partial charge in [0.25, 0.3) is 10.0 Å². The Balaban J connectivity index is 2.24. The summed E-state index contributed by atoms with van der Waals surface area (Å²) in [6, 6.07) is 8.99. The van der Waals surface area contributed by atoms with Gasteiger partial charge in [-0.05, 0) is 36.2 Å². The summed E-state index contributed by atoms with van der Waals surface area (Å²) in [6.45, 7) is 1.99. The molecule has 2 rings (SSSR count). The highest BCUT2D eigenvalue weighted by Crippen LogP contribution is 2.15. The minimum atomic E-state index is -3.69. The fraction of sp³-hybridized carbons (Fsp3) is 0.154. The maximum absolute atomic E-state index is 12.7. The molecule has 0 bridgehead atoms. The van der Waals surface area contributed by atoms with Crippen molar-refractivity contribution in [3.63, 3.8) is 0 Å². The Morgan fingerprint density at radius 1 is 1.16 bits per heavy atom. The summed E-state index contributed by atoms with van der Waals surface area (Å²) in [7, 11) is -3.69. The molecule has 100 valence electrons. The van der Waals surface area contributed by atoms with Crippen LogP contribution in [0.25, 0.3) is 0 Å². The van der Waals surface area contributed by atoms with Gasteiger partial charge in [0.2, 0.25) is 0 Å². The Hall–Kier alpha value is -1.95. The van der Waals surface area contributed by atoms with E-state index in [0.717, 1.165) is 24.2 Å². The van der Waals surface area contributed by atoms with Gasteiger partial charge >= 0.3 is 0 Å². The van der Waals surface area contributed by atoms with Gasteiger partial charge in [0.15, 0.2) is 0 Å². The molecule has 0 radical (unpaired) electrons. The van der Waals surface area contributed by atoms with Crippen LogP contribution in [0.15, 0.2) is 47.5 Å². The standard InChI is InChI=1S/C13H13FN2O2S/c1-2-10-3-6-12(7-4-10)19(17,18)16-13-8-5-11(14)9-15-13/h3-9H,2H2,1H3,(H,15,16). The lowest BCUT2D eigenvalue weighted by atomic mass is 10.2. The molecule has 0 fully saturated rings. The molecule has 0 spiro atoms. The van der Waals surface area contributed by atoms with Gasteiger partial charge in [-0.15, -0.1) is 0 Å². The van der Waals surface area contributed by atoms with Gasteiger partial charge in [-0.25, -0.2) is 17.8 Å². The van der Waals surface area contributed by atoms with E-state index in [1.165, 1.54) is 18.2 Å². The van der Waals surface area contributed by atoms with E-state index in [0.29, 0.717) is 0 Å². The largest absolute Gasteiger partial charge is 0.263 e. The first-order valence-electron chi connectivity index (χ1n) is 5.74. The van der Waals surface area contributed by atoms with E-state index < -0.39 is 15.8 Å². The van der Waals surface area contributed by atoms with Crippen LogP contribution in [0.3, 0.4) is 0 Å². The van der Waals surface area contributed by atoms with Crippen molar-refractivity contribution in [3.8, 4) is 0 Å². The molecule has 0 amide bonds. The Kier molecular flexibility index (Phi) is 3.80. The van der Waals surface area contributed by atoms with Crippen molar-refractivity contribution in [1.29, 1.82) is 0 Å². The Morgan fingerprint density at radius 3 is 2.37 bits per heavy atom. The van der Waals surface area contributed by atoms with Crippen LogP contribution in [-0.2, 0) is 16.4 Å². The quantitative estimate of drug-likeness (QED) is 0.936. The summed E-state index contributed by atoms with van der Waals surface area (Å²) in [5.74, 6) is -0.434. The lowest BCUT2D eigenvalue weighted by Gasteiger charge is -2.07. The van der Waals surface area contributed by atoms with Gasteiger partial charge in [-0.1, -0.05) is 19.1 Å². The second-order valence-corrected chi connectivity index (χ2v) is 5.65. The molecule has 0 aliphatic rings. The molecule has 1 N–H and O–H groups in total. The van der Waals surface area contributed by atoms with Crippen LogP contribution in [0.1, 0.15) is 12.5 Å². The minimum Gasteiger partial charge on any atom is -0.263 e. The van der Waals surface area contributed by atoms with Crippen LogP contribution in [0.2, 0.25) is 0 Å². The van der Waals surface area contributed by atoms with Gasteiger partial charge in [0.1, 0.15) is 11.6 Å². The average molecular weight is 280 g/mol. The fourth-order valence-corrected chi connectivity index (χ4v) is 2.55. The van der Waals surface area contributed by atoms with Crippen molar-refractivity contribution in [2.24, 2.45) is 0 Å². The maximum atomic E-state index is 12.7. The number of sulfonamides is 1. The van der Waals surface area contributed by atoms with E-state index in [4.69, 9.17) is 0 Å². The number of pyridine rings is 1. The van der Waals surface area contributed by atoms with Crippen LogP contribution in [-0.4, -0.2) is 13.4 Å². The van der Waals surface area contributed by atoms with E-state index in [9.17, 15) is 12.8 Å². The van der Waals surface area contributed by atoms with Crippen molar-refractivity contribution < 1.29 is 12.8 Å². The molecule has 4 nitrogen and oxygen atoms in total. The lowest BCUT2D eigenvalue weighted by molar-refractivity contribution is 0.600. The molecule has 0 aliphatic heterocycles. The zero-order valence-corrected chi connectivity index (χ0v) is 11.1. The first-order chi connectivity index (χ1) is 9.01. The predicted octanol–water partition coefficient (Wildman–Crippen LogP) is 2.58. The van der Waals surface area contributed by atoms with E-state index >= 15 is 0 Å². The molecule has 0 atom stereocenters. The number of rotatable bonds is 4. The summed E-state index contributed by atoms with van der Waals surface area (Å²) in [6.07, 6.45) is 1.80. The number of nitrogens with zero attached hydrogens (tertiary/aromatic N) is 1. The van der Waals surface area contributed by atoms with Crippen molar-refractivity contribution in [2.75, 3.05) is 4.72 Å². The number of anilines is 1. The molecule has 1 aromatic carbocycles. The SMILES string of the molecule is CCc1ccc(S(=O)(=O)Nc2ccc(F)cn2)cc1. The number of halogens is 1. The molecular formula is C13H13FN2O2S. The average Bonchev–Trinajstić information content (AvgIpc) is 2.41. The summed E-state index contributed by atoms with van der Waals surface area (Å²) < 4.78 is 39.1. The molecule has 0 aliphatic carbocycles. The molecule has 1 heterocycles. The van der Waals surface area contributed by atoms with Crippen molar-refractivity contribution >= 4 is 15.8 Å². The van der Waals surface area contributed by atoms with Crippen LogP contribution >= 0.6 is 0 Å². The number of aromatic nitrogens is 1. The van der Waals surface area contributed by atoms with Gasteiger partial charge < -0.3 is 0 Å². The van der Waals surface area contributed by atoms with Crippen LogP contribution < -0.4 is 4.72 Å². The van der Waals surface area contributed by atoms with Crippen molar-refractivity contribution in [1.82, 2.24) is 4.98 Å². The Bertz CT molecular complexity index is 652. The molecule has 6 heteroatoms. The Labute approximate surface area is 111 Å². The highest BCUT2D eigenvalue weighted by Gasteiger charge is 2.14. The second kappa shape index (κ2) is 5.36.